The highest BCUT2D eigenvalue weighted by Crippen LogP contribution is 2.04. The minimum Gasteiger partial charge on any atom is -0.508 e. The van der Waals surface area contributed by atoms with Crippen LogP contribution in [0.3, 0.4) is 0 Å². The van der Waals surface area contributed by atoms with E-state index in [0.29, 0.717) is 0 Å². The summed E-state index contributed by atoms with van der Waals surface area (Å²) in [4.78, 5) is 0. The Morgan fingerprint density at radius 2 is 1.31 bits per heavy atom. The molecule has 0 aliphatic heterocycles. The second-order valence-corrected chi connectivity index (χ2v) is 2.12. The number of aliphatic hydroxyl groups excluding tert-OH is 1. The third kappa shape index (κ3) is 18.2. The number of aliphatic hydroxyl groups is 1. The summed E-state index contributed by atoms with van der Waals surface area (Å²) in [6, 6.07) is 0. The number of allylic oxidation sites excluding steroid dienone is 3. The third-order valence-electron chi connectivity index (χ3n) is 0.918. The Bertz CT molecular complexity index is 164. The molecule has 0 spiro atoms. The predicted octanol–water partition coefficient (Wildman–Crippen LogP) is 4.63. The van der Waals surface area contributed by atoms with Gasteiger partial charge in [-0.3, -0.25) is 0 Å². The van der Waals surface area contributed by atoms with Gasteiger partial charge in [-0.05, 0) is 19.4 Å². The van der Waals surface area contributed by atoms with E-state index in [2.05, 4.69) is 13.2 Å². The molecule has 0 aromatic rings. The van der Waals surface area contributed by atoms with Crippen LogP contribution in [0.4, 0.5) is 0 Å². The van der Waals surface area contributed by atoms with E-state index in [-0.39, 0.29) is 5.76 Å². The molecular formula is C12H24O. The van der Waals surface area contributed by atoms with Crippen LogP contribution in [0.2, 0.25) is 0 Å². The van der Waals surface area contributed by atoms with E-state index in [0.717, 1.165) is 11.1 Å². The van der Waals surface area contributed by atoms with Crippen molar-refractivity contribution in [2.24, 2.45) is 0 Å². The van der Waals surface area contributed by atoms with E-state index in [1.54, 1.807) is 13.0 Å². The highest BCUT2D eigenvalue weighted by Gasteiger charge is 1.89. The number of hydrogen-bond acceptors (Lipinski definition) is 1. The van der Waals surface area contributed by atoms with Gasteiger partial charge in [0, 0.05) is 0 Å². The lowest BCUT2D eigenvalue weighted by Crippen LogP contribution is -1.79. The first-order valence-electron chi connectivity index (χ1n) is 4.76. The van der Waals surface area contributed by atoms with E-state index < -0.39 is 0 Å². The molecule has 13 heavy (non-hydrogen) atoms. The van der Waals surface area contributed by atoms with Crippen molar-refractivity contribution in [3.63, 3.8) is 0 Å². The molecule has 78 valence electrons. The standard InChI is InChI=1S/C8H12O.2C2H6/c1-6(2)5-7(3)8(4)9;2*1-2/h5,9H,1,4H2,2-3H3;2*1-2H3/b7-5-;;. The Morgan fingerprint density at radius 1 is 1.00 bits per heavy atom. The molecule has 0 radical (unpaired) electrons. The summed E-state index contributed by atoms with van der Waals surface area (Å²) >= 11 is 0. The lowest BCUT2D eigenvalue weighted by atomic mass is 10.2. The SMILES string of the molecule is C=C(C)/C=C(/C)C(=C)O.CC.CC. The molecular weight excluding hydrogens is 160 g/mol. The Labute approximate surface area is 83.5 Å². The Hall–Kier alpha value is -0.980. The van der Waals surface area contributed by atoms with E-state index in [9.17, 15) is 0 Å². The molecule has 1 N–H and O–H groups in total. The van der Waals surface area contributed by atoms with Gasteiger partial charge >= 0.3 is 0 Å². The van der Waals surface area contributed by atoms with Crippen LogP contribution in [-0.4, -0.2) is 5.11 Å². The van der Waals surface area contributed by atoms with Crippen LogP contribution in [0.15, 0.2) is 36.1 Å². The molecule has 0 unspecified atom stereocenters. The molecule has 0 amide bonds. The first-order chi connectivity index (χ1) is 6.04. The average Bonchev–Trinajstić information content (AvgIpc) is 2.10. The van der Waals surface area contributed by atoms with Crippen molar-refractivity contribution in [3.05, 3.63) is 36.1 Å². The largest absolute Gasteiger partial charge is 0.508 e. The zero-order valence-electron chi connectivity index (χ0n) is 9.94. The van der Waals surface area contributed by atoms with Gasteiger partial charge in [-0.1, -0.05) is 52.5 Å². The smallest absolute Gasteiger partial charge is 0.111 e. The summed E-state index contributed by atoms with van der Waals surface area (Å²) in [7, 11) is 0. The van der Waals surface area contributed by atoms with E-state index >= 15 is 0 Å². The fourth-order valence-electron chi connectivity index (χ4n) is 0.453. The fraction of sp³-hybridized carbons (Fsp3) is 0.500. The summed E-state index contributed by atoms with van der Waals surface area (Å²) in [5, 5.41) is 8.77. The van der Waals surface area contributed by atoms with Gasteiger partial charge in [0.05, 0.1) is 0 Å². The summed E-state index contributed by atoms with van der Waals surface area (Å²) in [5.41, 5.74) is 1.69. The molecule has 0 aromatic heterocycles. The predicted molar refractivity (Wildman–Crippen MR) is 63.0 cm³/mol. The highest BCUT2D eigenvalue weighted by molar-refractivity contribution is 5.27. The van der Waals surface area contributed by atoms with Crippen molar-refractivity contribution in [1.29, 1.82) is 0 Å². The van der Waals surface area contributed by atoms with Crippen molar-refractivity contribution in [1.82, 2.24) is 0 Å². The summed E-state index contributed by atoms with van der Waals surface area (Å²) in [6.45, 7) is 18.7. The molecule has 1 nitrogen and oxygen atoms in total. The summed E-state index contributed by atoms with van der Waals surface area (Å²) in [6.07, 6.45) is 1.78. The minimum atomic E-state index is 0.109. The van der Waals surface area contributed by atoms with Crippen LogP contribution in [0.25, 0.3) is 0 Å². The summed E-state index contributed by atoms with van der Waals surface area (Å²) in [5.74, 6) is 0.109. The topological polar surface area (TPSA) is 20.2 Å². The quantitative estimate of drug-likeness (QED) is 0.490. The second-order valence-electron chi connectivity index (χ2n) is 2.12. The minimum absolute atomic E-state index is 0.109. The van der Waals surface area contributed by atoms with Gasteiger partial charge in [0.25, 0.3) is 0 Å². The molecule has 0 aliphatic carbocycles. The summed E-state index contributed by atoms with van der Waals surface area (Å²) < 4.78 is 0. The van der Waals surface area contributed by atoms with E-state index in [1.807, 2.05) is 34.6 Å². The van der Waals surface area contributed by atoms with Crippen molar-refractivity contribution >= 4 is 0 Å². The van der Waals surface area contributed by atoms with Crippen LogP contribution in [0.1, 0.15) is 41.5 Å². The van der Waals surface area contributed by atoms with Gasteiger partial charge in [-0.2, -0.15) is 0 Å². The highest BCUT2D eigenvalue weighted by atomic mass is 16.3. The van der Waals surface area contributed by atoms with Gasteiger partial charge < -0.3 is 5.11 Å². The van der Waals surface area contributed by atoms with E-state index in [1.165, 1.54) is 0 Å². The Morgan fingerprint density at radius 3 is 1.38 bits per heavy atom. The molecule has 0 saturated heterocycles. The van der Waals surface area contributed by atoms with Gasteiger partial charge in [0.15, 0.2) is 0 Å². The molecule has 0 saturated carbocycles. The molecule has 0 fully saturated rings. The zero-order valence-corrected chi connectivity index (χ0v) is 9.94. The van der Waals surface area contributed by atoms with Crippen LogP contribution >= 0.6 is 0 Å². The van der Waals surface area contributed by atoms with Crippen LogP contribution in [-0.2, 0) is 0 Å². The normalized spacial score (nSPS) is 8.62. The van der Waals surface area contributed by atoms with Crippen LogP contribution < -0.4 is 0 Å². The van der Waals surface area contributed by atoms with Gasteiger partial charge in [-0.15, -0.1) is 0 Å². The van der Waals surface area contributed by atoms with Crippen molar-refractivity contribution in [2.75, 3.05) is 0 Å². The molecule has 0 heterocycles. The van der Waals surface area contributed by atoms with Gasteiger partial charge in [0.1, 0.15) is 5.76 Å². The Balaban J connectivity index is -0.000000218. The van der Waals surface area contributed by atoms with Crippen molar-refractivity contribution in [3.8, 4) is 0 Å². The van der Waals surface area contributed by atoms with Crippen LogP contribution in [0, 0.1) is 0 Å². The molecule has 1 heteroatoms. The molecule has 0 atom stereocenters. The first kappa shape index (κ1) is 17.9. The molecule has 0 aromatic carbocycles. The van der Waals surface area contributed by atoms with E-state index in [4.69, 9.17) is 5.11 Å². The maximum atomic E-state index is 8.77. The lowest BCUT2D eigenvalue weighted by molar-refractivity contribution is 0.426. The maximum absolute atomic E-state index is 8.77. The molecule has 0 aliphatic rings. The number of hydrogen-bond donors (Lipinski definition) is 1. The second kappa shape index (κ2) is 13.6. The first-order valence-corrected chi connectivity index (χ1v) is 4.76. The van der Waals surface area contributed by atoms with Crippen molar-refractivity contribution in [2.45, 2.75) is 41.5 Å². The molecule has 0 bridgehead atoms. The number of rotatable bonds is 2. The fourth-order valence-corrected chi connectivity index (χ4v) is 0.453. The third-order valence-corrected chi connectivity index (χ3v) is 0.918. The van der Waals surface area contributed by atoms with Crippen molar-refractivity contribution < 1.29 is 5.11 Å². The van der Waals surface area contributed by atoms with Gasteiger partial charge in [0.2, 0.25) is 0 Å². The molecule has 0 rings (SSSR count). The average molecular weight is 184 g/mol. The lowest BCUT2D eigenvalue weighted by Gasteiger charge is -1.95. The maximum Gasteiger partial charge on any atom is 0.111 e. The Kier molecular flexibility index (Phi) is 18.8. The zero-order chi connectivity index (χ0) is 11.4. The van der Waals surface area contributed by atoms with Crippen LogP contribution in [0.5, 0.6) is 0 Å². The van der Waals surface area contributed by atoms with Gasteiger partial charge in [-0.25, -0.2) is 0 Å². The monoisotopic (exact) mass is 184 g/mol.